The third-order valence-corrected chi connectivity index (χ3v) is 4.38. The zero-order valence-corrected chi connectivity index (χ0v) is 15.4. The molecule has 3 aromatic heterocycles. The predicted molar refractivity (Wildman–Crippen MR) is 106 cm³/mol. The number of aromatic nitrogens is 4. The van der Waals surface area contributed by atoms with Crippen LogP contribution in [-0.4, -0.2) is 39.2 Å². The van der Waals surface area contributed by atoms with Gasteiger partial charge in [-0.2, -0.15) is 0 Å². The molecule has 7 nitrogen and oxygen atoms in total. The van der Waals surface area contributed by atoms with Crippen molar-refractivity contribution in [3.8, 4) is 11.3 Å². The van der Waals surface area contributed by atoms with Crippen molar-refractivity contribution in [2.24, 2.45) is 0 Å². The minimum absolute atomic E-state index is 0.359. The SMILES string of the molecule is COC(=O)c1ccc(-c2cnc3ccc(NCCc4ccccn4)nn23)cc1. The number of carbonyl (C=O) groups excluding carboxylic acids is 1. The number of anilines is 1. The monoisotopic (exact) mass is 373 g/mol. The molecule has 4 rings (SSSR count). The standard InChI is InChI=1S/C21H19N5O2/c1-28-21(27)16-7-5-15(6-8-16)18-14-24-20-10-9-19(25-26(18)20)23-13-11-17-4-2-3-12-22-17/h2-10,12,14H,11,13H2,1H3,(H,23,25). The number of rotatable bonds is 6. The number of hydrogen-bond acceptors (Lipinski definition) is 6. The van der Waals surface area contributed by atoms with Crippen molar-refractivity contribution in [3.63, 3.8) is 0 Å². The molecule has 4 aromatic rings. The number of fused-ring (bicyclic) bond motifs is 1. The highest BCUT2D eigenvalue weighted by Gasteiger charge is 2.10. The first-order valence-corrected chi connectivity index (χ1v) is 8.92. The number of hydrogen-bond donors (Lipinski definition) is 1. The Bertz CT molecular complexity index is 1090. The van der Waals surface area contributed by atoms with Crippen LogP contribution in [0.15, 0.2) is 67.0 Å². The van der Waals surface area contributed by atoms with Gasteiger partial charge < -0.3 is 10.1 Å². The van der Waals surface area contributed by atoms with Crippen molar-refractivity contribution in [3.05, 3.63) is 78.2 Å². The molecule has 0 aliphatic heterocycles. The van der Waals surface area contributed by atoms with E-state index < -0.39 is 0 Å². The van der Waals surface area contributed by atoms with Crippen molar-refractivity contribution in [1.29, 1.82) is 0 Å². The number of benzene rings is 1. The average molecular weight is 373 g/mol. The van der Waals surface area contributed by atoms with Crippen LogP contribution < -0.4 is 5.32 Å². The topological polar surface area (TPSA) is 81.4 Å². The van der Waals surface area contributed by atoms with Crippen LogP contribution in [0.4, 0.5) is 5.82 Å². The first kappa shape index (κ1) is 17.7. The van der Waals surface area contributed by atoms with Gasteiger partial charge in [0.15, 0.2) is 5.65 Å². The zero-order valence-electron chi connectivity index (χ0n) is 15.4. The third kappa shape index (κ3) is 3.68. The molecule has 140 valence electrons. The summed E-state index contributed by atoms with van der Waals surface area (Å²) < 4.78 is 6.53. The molecular formula is C21H19N5O2. The van der Waals surface area contributed by atoms with Gasteiger partial charge in [-0.3, -0.25) is 4.98 Å². The van der Waals surface area contributed by atoms with E-state index >= 15 is 0 Å². The molecule has 0 amide bonds. The van der Waals surface area contributed by atoms with E-state index in [1.54, 1.807) is 29.0 Å². The van der Waals surface area contributed by atoms with Gasteiger partial charge in [-0.1, -0.05) is 18.2 Å². The maximum absolute atomic E-state index is 11.6. The second-order valence-corrected chi connectivity index (χ2v) is 6.20. The van der Waals surface area contributed by atoms with Crippen LogP contribution in [0.25, 0.3) is 16.9 Å². The van der Waals surface area contributed by atoms with Gasteiger partial charge in [0, 0.05) is 30.4 Å². The fraction of sp³-hybridized carbons (Fsp3) is 0.143. The number of imidazole rings is 1. The van der Waals surface area contributed by atoms with Crippen LogP contribution in [-0.2, 0) is 11.2 Å². The highest BCUT2D eigenvalue weighted by molar-refractivity contribution is 5.89. The van der Waals surface area contributed by atoms with E-state index in [2.05, 4.69) is 20.4 Å². The minimum Gasteiger partial charge on any atom is -0.465 e. The fourth-order valence-corrected chi connectivity index (χ4v) is 2.92. The van der Waals surface area contributed by atoms with Crippen molar-refractivity contribution in [1.82, 2.24) is 19.6 Å². The summed E-state index contributed by atoms with van der Waals surface area (Å²) in [7, 11) is 1.37. The number of carbonyl (C=O) groups is 1. The Morgan fingerprint density at radius 3 is 2.68 bits per heavy atom. The maximum atomic E-state index is 11.6. The number of methoxy groups -OCH3 is 1. The summed E-state index contributed by atoms with van der Waals surface area (Å²) in [6.07, 6.45) is 4.38. The zero-order chi connectivity index (χ0) is 19.3. The average Bonchev–Trinajstić information content (AvgIpc) is 3.17. The fourth-order valence-electron chi connectivity index (χ4n) is 2.92. The first-order chi connectivity index (χ1) is 13.7. The summed E-state index contributed by atoms with van der Waals surface area (Å²) in [4.78, 5) is 20.3. The summed E-state index contributed by atoms with van der Waals surface area (Å²) in [6, 6.07) is 16.9. The molecule has 0 bridgehead atoms. The number of esters is 1. The predicted octanol–water partition coefficient (Wildman–Crippen LogP) is 3.23. The van der Waals surface area contributed by atoms with E-state index in [-0.39, 0.29) is 5.97 Å². The van der Waals surface area contributed by atoms with Crippen molar-refractivity contribution in [2.75, 3.05) is 19.0 Å². The van der Waals surface area contributed by atoms with Crippen LogP contribution in [0.2, 0.25) is 0 Å². The van der Waals surface area contributed by atoms with Gasteiger partial charge >= 0.3 is 5.97 Å². The smallest absolute Gasteiger partial charge is 0.337 e. The molecule has 0 saturated heterocycles. The molecule has 3 heterocycles. The van der Waals surface area contributed by atoms with Crippen LogP contribution in [0.5, 0.6) is 0 Å². The molecular weight excluding hydrogens is 354 g/mol. The van der Waals surface area contributed by atoms with Gasteiger partial charge in [-0.25, -0.2) is 14.3 Å². The molecule has 0 saturated carbocycles. The second-order valence-electron chi connectivity index (χ2n) is 6.20. The number of pyridine rings is 1. The molecule has 0 aliphatic carbocycles. The Labute approximate surface area is 162 Å². The molecule has 0 unspecified atom stereocenters. The largest absolute Gasteiger partial charge is 0.465 e. The first-order valence-electron chi connectivity index (χ1n) is 8.92. The van der Waals surface area contributed by atoms with Gasteiger partial charge in [-0.05, 0) is 36.4 Å². The second kappa shape index (κ2) is 7.87. The van der Waals surface area contributed by atoms with Crippen LogP contribution in [0.1, 0.15) is 16.1 Å². The Hall–Kier alpha value is -3.74. The Morgan fingerprint density at radius 1 is 1.07 bits per heavy atom. The molecule has 1 N–H and O–H groups in total. The summed E-state index contributed by atoms with van der Waals surface area (Å²) in [5.41, 5.74) is 4.05. The Kier molecular flexibility index (Phi) is 4.97. The van der Waals surface area contributed by atoms with Gasteiger partial charge in [0.2, 0.25) is 0 Å². The third-order valence-electron chi connectivity index (χ3n) is 4.38. The minimum atomic E-state index is -0.359. The van der Waals surface area contributed by atoms with Crippen molar-refractivity contribution in [2.45, 2.75) is 6.42 Å². The van der Waals surface area contributed by atoms with E-state index in [0.717, 1.165) is 41.4 Å². The normalized spacial score (nSPS) is 10.8. The van der Waals surface area contributed by atoms with E-state index in [1.807, 2.05) is 42.5 Å². The highest BCUT2D eigenvalue weighted by atomic mass is 16.5. The van der Waals surface area contributed by atoms with Crippen molar-refractivity contribution < 1.29 is 9.53 Å². The van der Waals surface area contributed by atoms with Crippen LogP contribution >= 0.6 is 0 Å². The van der Waals surface area contributed by atoms with E-state index in [1.165, 1.54) is 7.11 Å². The van der Waals surface area contributed by atoms with Gasteiger partial charge in [0.05, 0.1) is 24.6 Å². The summed E-state index contributed by atoms with van der Waals surface area (Å²) >= 11 is 0. The molecule has 28 heavy (non-hydrogen) atoms. The molecule has 0 aliphatic rings. The van der Waals surface area contributed by atoms with Gasteiger partial charge in [0.25, 0.3) is 0 Å². The Balaban J connectivity index is 1.53. The quantitative estimate of drug-likeness (QED) is 0.523. The Morgan fingerprint density at radius 2 is 1.93 bits per heavy atom. The van der Waals surface area contributed by atoms with Crippen LogP contribution in [0, 0.1) is 0 Å². The number of ether oxygens (including phenoxy) is 1. The summed E-state index contributed by atoms with van der Waals surface area (Å²) in [5, 5.41) is 7.97. The molecule has 0 fully saturated rings. The molecule has 0 radical (unpaired) electrons. The lowest BCUT2D eigenvalue weighted by molar-refractivity contribution is 0.0601. The van der Waals surface area contributed by atoms with Crippen molar-refractivity contribution >= 4 is 17.4 Å². The summed E-state index contributed by atoms with van der Waals surface area (Å²) in [5.74, 6) is 0.399. The molecule has 1 aromatic carbocycles. The van der Waals surface area contributed by atoms with Gasteiger partial charge in [0.1, 0.15) is 5.82 Å². The van der Waals surface area contributed by atoms with Gasteiger partial charge in [-0.15, -0.1) is 5.10 Å². The lowest BCUT2D eigenvalue weighted by Crippen LogP contribution is -2.09. The van der Waals surface area contributed by atoms with E-state index in [9.17, 15) is 4.79 Å². The highest BCUT2D eigenvalue weighted by Crippen LogP contribution is 2.21. The molecule has 7 heteroatoms. The lowest BCUT2D eigenvalue weighted by atomic mass is 10.1. The summed E-state index contributed by atoms with van der Waals surface area (Å²) in [6.45, 7) is 0.730. The van der Waals surface area contributed by atoms with E-state index in [0.29, 0.717) is 5.56 Å². The molecule has 0 spiro atoms. The molecule has 0 atom stereocenters. The maximum Gasteiger partial charge on any atom is 0.337 e. The number of nitrogens with one attached hydrogen (secondary N) is 1. The van der Waals surface area contributed by atoms with Crippen LogP contribution in [0.3, 0.4) is 0 Å². The lowest BCUT2D eigenvalue weighted by Gasteiger charge is -2.07. The number of nitrogens with zero attached hydrogens (tertiary/aromatic N) is 4. The van der Waals surface area contributed by atoms with E-state index in [4.69, 9.17) is 4.74 Å².